The van der Waals surface area contributed by atoms with Crippen LogP contribution in [0.3, 0.4) is 0 Å². The quantitative estimate of drug-likeness (QED) is 0.726. The predicted molar refractivity (Wildman–Crippen MR) is 67.7 cm³/mol. The van der Waals surface area contributed by atoms with E-state index in [4.69, 9.17) is 10.5 Å². The summed E-state index contributed by atoms with van der Waals surface area (Å²) in [5.74, 6) is 0.0393. The predicted octanol–water partition coefficient (Wildman–Crippen LogP) is -0.0509. The Balaban J connectivity index is 2.64. The number of ether oxygens (including phenoxy) is 1. The smallest absolute Gasteiger partial charge is 0.221 e. The molecule has 1 fully saturated rings. The third-order valence-electron chi connectivity index (χ3n) is 3.08. The Bertz CT molecular complexity index is 268. The third kappa shape index (κ3) is 4.26. The van der Waals surface area contributed by atoms with Crippen LogP contribution in [0.15, 0.2) is 0 Å². The lowest BCUT2D eigenvalue weighted by Gasteiger charge is -2.44. The van der Waals surface area contributed by atoms with Crippen molar-refractivity contribution in [3.05, 3.63) is 0 Å². The number of nitrogens with zero attached hydrogens (tertiary/aromatic N) is 1. The third-order valence-corrected chi connectivity index (χ3v) is 3.08. The number of hydrogen-bond donors (Lipinski definition) is 2. The molecule has 2 atom stereocenters. The van der Waals surface area contributed by atoms with Crippen LogP contribution in [0.5, 0.6) is 0 Å². The van der Waals surface area contributed by atoms with E-state index in [2.05, 4.69) is 31.0 Å². The van der Waals surface area contributed by atoms with Crippen LogP contribution in [0.4, 0.5) is 0 Å². The fourth-order valence-electron chi connectivity index (χ4n) is 2.46. The second-order valence-electron chi connectivity index (χ2n) is 5.38. The maximum Gasteiger partial charge on any atom is 0.221 e. The van der Waals surface area contributed by atoms with E-state index in [1.54, 1.807) is 7.05 Å². The fraction of sp³-hybridized carbons (Fsp3) is 0.917. The van der Waals surface area contributed by atoms with Gasteiger partial charge in [-0.25, -0.2) is 0 Å². The molecule has 1 saturated heterocycles. The molecule has 0 bridgehead atoms. The molecule has 2 unspecified atom stereocenters. The summed E-state index contributed by atoms with van der Waals surface area (Å²) in [5, 5.41) is 2.65. The lowest BCUT2D eigenvalue weighted by molar-refractivity contribution is -0.141. The van der Waals surface area contributed by atoms with Crippen LogP contribution in [-0.4, -0.2) is 55.2 Å². The number of nitrogens with two attached hydrogens (primary N) is 1. The summed E-state index contributed by atoms with van der Waals surface area (Å²) in [4.78, 5) is 13.7. The van der Waals surface area contributed by atoms with Crippen LogP contribution in [0.1, 0.15) is 27.2 Å². The Morgan fingerprint density at radius 1 is 1.65 bits per heavy atom. The number of carbonyl (C=O) groups excluding carboxylic acids is 1. The van der Waals surface area contributed by atoms with E-state index in [-0.39, 0.29) is 23.7 Å². The summed E-state index contributed by atoms with van der Waals surface area (Å²) in [7, 11) is 1.65. The summed E-state index contributed by atoms with van der Waals surface area (Å²) in [6.07, 6.45) is 0.632. The normalized spacial score (nSPS) is 26.5. The van der Waals surface area contributed by atoms with Crippen molar-refractivity contribution in [3.8, 4) is 0 Å². The maximum absolute atomic E-state index is 11.4. The minimum Gasteiger partial charge on any atom is -0.370 e. The van der Waals surface area contributed by atoms with Crippen LogP contribution >= 0.6 is 0 Å². The van der Waals surface area contributed by atoms with E-state index in [1.807, 2.05) is 0 Å². The molecule has 0 radical (unpaired) electrons. The monoisotopic (exact) mass is 243 g/mol. The molecule has 0 aromatic rings. The average molecular weight is 243 g/mol. The van der Waals surface area contributed by atoms with Gasteiger partial charge >= 0.3 is 0 Å². The molecule has 1 aliphatic heterocycles. The molecule has 5 nitrogen and oxygen atoms in total. The van der Waals surface area contributed by atoms with Gasteiger partial charge in [0.2, 0.25) is 5.91 Å². The zero-order chi connectivity index (χ0) is 13.1. The Morgan fingerprint density at radius 3 is 2.76 bits per heavy atom. The Morgan fingerprint density at radius 2 is 2.29 bits per heavy atom. The van der Waals surface area contributed by atoms with Crippen molar-refractivity contribution in [2.45, 2.75) is 44.9 Å². The first-order chi connectivity index (χ1) is 7.88. The minimum atomic E-state index is -0.173. The molecule has 1 amide bonds. The van der Waals surface area contributed by atoms with Crippen molar-refractivity contribution in [1.82, 2.24) is 10.2 Å². The molecule has 0 saturated carbocycles. The number of nitrogens with one attached hydrogen (secondary N) is 1. The van der Waals surface area contributed by atoms with E-state index < -0.39 is 0 Å². The zero-order valence-electron chi connectivity index (χ0n) is 11.3. The van der Waals surface area contributed by atoms with Crippen LogP contribution in [-0.2, 0) is 9.53 Å². The van der Waals surface area contributed by atoms with Gasteiger partial charge in [0.1, 0.15) is 0 Å². The molecular formula is C12H25N3O2. The molecule has 17 heavy (non-hydrogen) atoms. The topological polar surface area (TPSA) is 67.6 Å². The van der Waals surface area contributed by atoms with Gasteiger partial charge in [-0.15, -0.1) is 0 Å². The van der Waals surface area contributed by atoms with Crippen molar-refractivity contribution in [2.24, 2.45) is 5.73 Å². The van der Waals surface area contributed by atoms with Crippen molar-refractivity contribution in [2.75, 3.05) is 26.7 Å². The summed E-state index contributed by atoms with van der Waals surface area (Å²) in [5.41, 5.74) is 5.61. The summed E-state index contributed by atoms with van der Waals surface area (Å²) >= 11 is 0. The van der Waals surface area contributed by atoms with Crippen molar-refractivity contribution >= 4 is 5.91 Å². The lowest BCUT2D eigenvalue weighted by Crippen LogP contribution is -2.57. The average Bonchev–Trinajstić information content (AvgIpc) is 2.22. The van der Waals surface area contributed by atoms with Gasteiger partial charge in [-0.3, -0.25) is 9.69 Å². The van der Waals surface area contributed by atoms with E-state index in [9.17, 15) is 4.79 Å². The number of amides is 1. The molecule has 0 spiro atoms. The van der Waals surface area contributed by atoms with Crippen LogP contribution in [0, 0.1) is 0 Å². The van der Waals surface area contributed by atoms with Gasteiger partial charge in [0.15, 0.2) is 0 Å². The molecule has 1 aliphatic rings. The van der Waals surface area contributed by atoms with Gasteiger partial charge in [0, 0.05) is 39.1 Å². The lowest BCUT2D eigenvalue weighted by atomic mass is 10.0. The first-order valence-corrected chi connectivity index (χ1v) is 6.20. The molecule has 0 aromatic heterocycles. The van der Waals surface area contributed by atoms with Crippen molar-refractivity contribution in [3.63, 3.8) is 0 Å². The highest BCUT2D eigenvalue weighted by atomic mass is 16.5. The summed E-state index contributed by atoms with van der Waals surface area (Å²) in [6.45, 7) is 8.35. The highest BCUT2D eigenvalue weighted by Crippen LogP contribution is 2.23. The van der Waals surface area contributed by atoms with Gasteiger partial charge in [-0.05, 0) is 20.8 Å². The molecule has 1 heterocycles. The van der Waals surface area contributed by atoms with Crippen molar-refractivity contribution < 1.29 is 9.53 Å². The minimum absolute atomic E-state index is 0.0393. The van der Waals surface area contributed by atoms with Gasteiger partial charge in [0.25, 0.3) is 0 Å². The second kappa shape index (κ2) is 5.80. The fourth-order valence-corrected chi connectivity index (χ4v) is 2.46. The standard InChI is InChI=1S/C12H25N3O2/c1-9-7-15(8-12(2,3)17-9)10(6-13)5-11(16)14-4/h9-10H,5-8,13H2,1-4H3,(H,14,16). The Hall–Kier alpha value is -0.650. The Kier molecular flexibility index (Phi) is 4.91. The molecule has 1 rings (SSSR count). The maximum atomic E-state index is 11.4. The van der Waals surface area contributed by atoms with Gasteiger partial charge in [-0.1, -0.05) is 0 Å². The van der Waals surface area contributed by atoms with E-state index in [0.29, 0.717) is 13.0 Å². The summed E-state index contributed by atoms with van der Waals surface area (Å²) in [6, 6.07) is 0.0978. The van der Waals surface area contributed by atoms with Gasteiger partial charge < -0.3 is 15.8 Å². The molecule has 5 heteroatoms. The number of morpholine rings is 1. The highest BCUT2D eigenvalue weighted by molar-refractivity contribution is 5.76. The zero-order valence-corrected chi connectivity index (χ0v) is 11.3. The van der Waals surface area contributed by atoms with Gasteiger partial charge in [0.05, 0.1) is 11.7 Å². The van der Waals surface area contributed by atoms with Crippen LogP contribution < -0.4 is 11.1 Å². The second-order valence-corrected chi connectivity index (χ2v) is 5.38. The first-order valence-electron chi connectivity index (χ1n) is 6.20. The molecule has 100 valence electrons. The van der Waals surface area contributed by atoms with Crippen LogP contribution in [0.25, 0.3) is 0 Å². The van der Waals surface area contributed by atoms with Crippen molar-refractivity contribution in [1.29, 1.82) is 0 Å². The number of rotatable bonds is 4. The summed E-state index contributed by atoms with van der Waals surface area (Å²) < 4.78 is 5.85. The number of hydrogen-bond acceptors (Lipinski definition) is 4. The molecule has 0 aliphatic carbocycles. The molecule has 3 N–H and O–H groups in total. The SMILES string of the molecule is CNC(=O)CC(CN)N1CC(C)OC(C)(C)C1. The van der Waals surface area contributed by atoms with Gasteiger partial charge in [-0.2, -0.15) is 0 Å². The highest BCUT2D eigenvalue weighted by Gasteiger charge is 2.34. The van der Waals surface area contributed by atoms with E-state index >= 15 is 0 Å². The first kappa shape index (κ1) is 14.4. The van der Waals surface area contributed by atoms with E-state index in [0.717, 1.165) is 13.1 Å². The largest absolute Gasteiger partial charge is 0.370 e. The molecule has 0 aromatic carbocycles. The van der Waals surface area contributed by atoms with Crippen LogP contribution in [0.2, 0.25) is 0 Å². The Labute approximate surface area is 104 Å². The molecular weight excluding hydrogens is 218 g/mol. The number of carbonyl (C=O) groups is 1. The van der Waals surface area contributed by atoms with E-state index in [1.165, 1.54) is 0 Å².